The van der Waals surface area contributed by atoms with Gasteiger partial charge in [-0.05, 0) is 17.5 Å². The fraction of sp³-hybridized carbons (Fsp3) is 0.308. The van der Waals surface area contributed by atoms with Crippen molar-refractivity contribution in [2.24, 2.45) is 0 Å². The smallest absolute Gasteiger partial charge is 0.224 e. The molecular formula is C13H17NO2. The molecule has 3 nitrogen and oxygen atoms in total. The van der Waals surface area contributed by atoms with Gasteiger partial charge in [0.25, 0.3) is 0 Å². The molecule has 0 saturated heterocycles. The quantitative estimate of drug-likeness (QED) is 0.785. The first-order valence-corrected chi connectivity index (χ1v) is 5.33. The lowest BCUT2D eigenvalue weighted by Gasteiger charge is -2.00. The second kappa shape index (κ2) is 6.80. The van der Waals surface area contributed by atoms with E-state index < -0.39 is 0 Å². The number of hydrogen-bond donors (Lipinski definition) is 2. The first kappa shape index (κ1) is 12.5. The van der Waals surface area contributed by atoms with Crippen molar-refractivity contribution in [1.29, 1.82) is 0 Å². The summed E-state index contributed by atoms with van der Waals surface area (Å²) in [5.41, 5.74) is 2.08. The van der Waals surface area contributed by atoms with E-state index in [9.17, 15) is 4.79 Å². The summed E-state index contributed by atoms with van der Waals surface area (Å²) < 4.78 is 0. The van der Waals surface area contributed by atoms with E-state index in [1.807, 2.05) is 36.4 Å². The van der Waals surface area contributed by atoms with Crippen LogP contribution in [0.3, 0.4) is 0 Å². The Bertz CT molecular complexity index is 355. The molecule has 0 unspecified atom stereocenters. The van der Waals surface area contributed by atoms with Gasteiger partial charge in [-0.2, -0.15) is 0 Å². The Morgan fingerprint density at radius 1 is 1.38 bits per heavy atom. The van der Waals surface area contributed by atoms with Crippen LogP contribution in [0.15, 0.2) is 30.3 Å². The minimum Gasteiger partial charge on any atom is -0.396 e. The second-order valence-corrected chi connectivity index (χ2v) is 3.51. The van der Waals surface area contributed by atoms with Crippen LogP contribution in [0.4, 0.5) is 0 Å². The van der Waals surface area contributed by atoms with Gasteiger partial charge in [-0.1, -0.05) is 36.4 Å². The van der Waals surface area contributed by atoms with Gasteiger partial charge < -0.3 is 10.4 Å². The van der Waals surface area contributed by atoms with Gasteiger partial charge in [0, 0.05) is 13.7 Å². The molecule has 1 aromatic carbocycles. The molecule has 1 rings (SSSR count). The largest absolute Gasteiger partial charge is 0.396 e. The number of likely N-dealkylation sites (N-methyl/N-ethyl adjacent to an activating group) is 1. The second-order valence-electron chi connectivity index (χ2n) is 3.51. The van der Waals surface area contributed by atoms with Gasteiger partial charge in [0.1, 0.15) is 0 Å². The van der Waals surface area contributed by atoms with Crippen molar-refractivity contribution in [1.82, 2.24) is 5.32 Å². The highest BCUT2D eigenvalue weighted by molar-refractivity contribution is 5.78. The molecule has 0 aromatic heterocycles. The number of aliphatic hydroxyl groups excluding tert-OH is 1. The third kappa shape index (κ3) is 4.28. The maximum absolute atomic E-state index is 11.1. The van der Waals surface area contributed by atoms with E-state index >= 15 is 0 Å². The molecule has 1 amide bonds. The van der Waals surface area contributed by atoms with Crippen LogP contribution < -0.4 is 5.32 Å². The first-order chi connectivity index (χ1) is 7.76. The fourth-order valence-electron chi connectivity index (χ4n) is 1.31. The maximum atomic E-state index is 11.1. The molecule has 0 heterocycles. The van der Waals surface area contributed by atoms with Crippen molar-refractivity contribution >= 4 is 12.0 Å². The third-order valence-electron chi connectivity index (χ3n) is 2.23. The zero-order valence-electron chi connectivity index (χ0n) is 9.44. The minimum absolute atomic E-state index is 0.0172. The van der Waals surface area contributed by atoms with E-state index in [-0.39, 0.29) is 12.5 Å². The molecule has 0 aliphatic heterocycles. The lowest BCUT2D eigenvalue weighted by atomic mass is 10.1. The molecule has 0 saturated carbocycles. The summed E-state index contributed by atoms with van der Waals surface area (Å²) in [5, 5.41) is 11.2. The monoisotopic (exact) mass is 219 g/mol. The summed E-state index contributed by atoms with van der Waals surface area (Å²) in [7, 11) is 1.63. The average Bonchev–Trinajstić information content (AvgIpc) is 2.31. The molecule has 0 aliphatic rings. The molecule has 0 bridgehead atoms. The van der Waals surface area contributed by atoms with Crippen molar-refractivity contribution in [2.45, 2.75) is 12.8 Å². The van der Waals surface area contributed by atoms with Crippen LogP contribution >= 0.6 is 0 Å². The number of carbonyl (C=O) groups is 1. The van der Waals surface area contributed by atoms with E-state index in [1.54, 1.807) is 7.05 Å². The maximum Gasteiger partial charge on any atom is 0.224 e. The molecule has 3 heteroatoms. The number of rotatable bonds is 5. The van der Waals surface area contributed by atoms with E-state index in [4.69, 9.17) is 5.11 Å². The average molecular weight is 219 g/mol. The van der Waals surface area contributed by atoms with E-state index in [2.05, 4.69) is 5.32 Å². The van der Waals surface area contributed by atoms with Crippen LogP contribution in [0.2, 0.25) is 0 Å². The molecular weight excluding hydrogens is 202 g/mol. The summed E-state index contributed by atoms with van der Waals surface area (Å²) in [4.78, 5) is 11.1. The van der Waals surface area contributed by atoms with E-state index in [0.717, 1.165) is 11.1 Å². The summed E-state index contributed by atoms with van der Waals surface area (Å²) in [6.07, 6.45) is 4.96. The van der Waals surface area contributed by atoms with Crippen LogP contribution in [0.25, 0.3) is 6.08 Å². The predicted molar refractivity (Wildman–Crippen MR) is 64.9 cm³/mol. The summed E-state index contributed by atoms with van der Waals surface area (Å²) in [5.74, 6) is 0.0172. The SMILES string of the molecule is CNC(=O)Cc1ccc(C=CCCO)cc1. The Morgan fingerprint density at radius 2 is 2.06 bits per heavy atom. The molecule has 0 fully saturated rings. The lowest BCUT2D eigenvalue weighted by molar-refractivity contribution is -0.119. The number of amides is 1. The van der Waals surface area contributed by atoms with Crippen LogP contribution in [0, 0.1) is 0 Å². The predicted octanol–water partition coefficient (Wildman–Crippen LogP) is 1.37. The molecule has 0 aliphatic carbocycles. The van der Waals surface area contributed by atoms with Gasteiger partial charge in [0.15, 0.2) is 0 Å². The molecule has 2 N–H and O–H groups in total. The molecule has 0 spiro atoms. The van der Waals surface area contributed by atoms with E-state index in [0.29, 0.717) is 12.8 Å². The highest BCUT2D eigenvalue weighted by atomic mass is 16.2. The van der Waals surface area contributed by atoms with Crippen molar-refractivity contribution in [2.75, 3.05) is 13.7 Å². The summed E-state index contributed by atoms with van der Waals surface area (Å²) >= 11 is 0. The lowest BCUT2D eigenvalue weighted by Crippen LogP contribution is -2.19. The number of hydrogen-bond acceptors (Lipinski definition) is 2. The zero-order valence-corrected chi connectivity index (χ0v) is 9.44. The van der Waals surface area contributed by atoms with Crippen LogP contribution in [-0.2, 0) is 11.2 Å². The number of aliphatic hydroxyl groups is 1. The van der Waals surface area contributed by atoms with Crippen molar-refractivity contribution in [3.8, 4) is 0 Å². The summed E-state index contributed by atoms with van der Waals surface area (Å²) in [6, 6.07) is 7.81. The van der Waals surface area contributed by atoms with Gasteiger partial charge in [-0.3, -0.25) is 4.79 Å². The normalized spacial score (nSPS) is 10.6. The Hall–Kier alpha value is -1.61. The Labute approximate surface area is 95.8 Å². The first-order valence-electron chi connectivity index (χ1n) is 5.33. The van der Waals surface area contributed by atoms with Gasteiger partial charge in [-0.15, -0.1) is 0 Å². The highest BCUT2D eigenvalue weighted by Gasteiger charge is 1.99. The van der Waals surface area contributed by atoms with E-state index in [1.165, 1.54) is 0 Å². The minimum atomic E-state index is 0.0172. The number of nitrogens with one attached hydrogen (secondary N) is 1. The highest BCUT2D eigenvalue weighted by Crippen LogP contribution is 2.07. The van der Waals surface area contributed by atoms with Crippen molar-refractivity contribution < 1.29 is 9.90 Å². The van der Waals surface area contributed by atoms with Crippen LogP contribution in [-0.4, -0.2) is 24.7 Å². The molecule has 0 radical (unpaired) electrons. The summed E-state index contributed by atoms with van der Waals surface area (Å²) in [6.45, 7) is 0.172. The Kier molecular flexibility index (Phi) is 5.29. The fourth-order valence-corrected chi connectivity index (χ4v) is 1.31. The molecule has 0 atom stereocenters. The van der Waals surface area contributed by atoms with Gasteiger partial charge in [0.2, 0.25) is 5.91 Å². The Balaban J connectivity index is 2.57. The molecule has 86 valence electrons. The van der Waals surface area contributed by atoms with Crippen LogP contribution in [0.1, 0.15) is 17.5 Å². The van der Waals surface area contributed by atoms with Crippen molar-refractivity contribution in [3.05, 3.63) is 41.5 Å². The van der Waals surface area contributed by atoms with Gasteiger partial charge in [-0.25, -0.2) is 0 Å². The zero-order chi connectivity index (χ0) is 11.8. The standard InChI is InChI=1S/C13H17NO2/c1-14-13(16)10-12-7-5-11(6-8-12)4-2-3-9-15/h2,4-8,15H,3,9-10H2,1H3,(H,14,16). The van der Waals surface area contributed by atoms with Gasteiger partial charge in [0.05, 0.1) is 6.42 Å². The van der Waals surface area contributed by atoms with Crippen LogP contribution in [0.5, 0.6) is 0 Å². The Morgan fingerprint density at radius 3 is 2.62 bits per heavy atom. The van der Waals surface area contributed by atoms with Gasteiger partial charge >= 0.3 is 0 Å². The number of benzene rings is 1. The third-order valence-corrected chi connectivity index (χ3v) is 2.23. The van der Waals surface area contributed by atoms with Crippen molar-refractivity contribution in [3.63, 3.8) is 0 Å². The molecule has 1 aromatic rings. The number of carbonyl (C=O) groups excluding carboxylic acids is 1. The molecule has 16 heavy (non-hydrogen) atoms. The topological polar surface area (TPSA) is 49.3 Å².